The van der Waals surface area contributed by atoms with Gasteiger partial charge in [0, 0.05) is 0 Å². The zero-order valence-electron chi connectivity index (χ0n) is 6.30. The quantitative estimate of drug-likeness (QED) is 0.501. The van der Waals surface area contributed by atoms with Crippen LogP contribution in [0, 0.1) is 10.1 Å². The summed E-state index contributed by atoms with van der Waals surface area (Å²) < 4.78 is 0. The second kappa shape index (κ2) is 3.05. The summed E-state index contributed by atoms with van der Waals surface area (Å²) in [5, 5.41) is 18.7. The van der Waals surface area contributed by atoms with Gasteiger partial charge in [-0.25, -0.2) is 4.79 Å². The monoisotopic (exact) mass is 183 g/mol. The number of hydrogen-bond acceptors (Lipinski definition) is 5. The lowest BCUT2D eigenvalue weighted by Crippen LogP contribution is -2.04. The number of pyridine rings is 1. The molecule has 0 aliphatic heterocycles. The Kier molecular flexibility index (Phi) is 2.09. The van der Waals surface area contributed by atoms with E-state index in [-0.39, 0.29) is 11.3 Å². The highest BCUT2D eigenvalue weighted by atomic mass is 16.6. The molecule has 0 saturated carbocycles. The SMILES string of the molecule is Nc1cc([N+](=O)[O-])ncc1C(=O)O. The minimum Gasteiger partial charge on any atom is -0.477 e. The number of anilines is 1. The zero-order valence-corrected chi connectivity index (χ0v) is 6.30. The van der Waals surface area contributed by atoms with Crippen molar-refractivity contribution in [1.82, 2.24) is 4.98 Å². The van der Waals surface area contributed by atoms with Gasteiger partial charge in [0.05, 0.1) is 11.8 Å². The van der Waals surface area contributed by atoms with Crippen molar-refractivity contribution >= 4 is 17.5 Å². The average Bonchev–Trinajstić information content (AvgIpc) is 2.03. The van der Waals surface area contributed by atoms with Crippen molar-refractivity contribution in [3.63, 3.8) is 0 Å². The highest BCUT2D eigenvalue weighted by Crippen LogP contribution is 2.15. The van der Waals surface area contributed by atoms with E-state index >= 15 is 0 Å². The molecule has 1 aromatic heterocycles. The summed E-state index contributed by atoms with van der Waals surface area (Å²) >= 11 is 0. The van der Waals surface area contributed by atoms with Gasteiger partial charge in [-0.05, 0) is 9.91 Å². The van der Waals surface area contributed by atoms with Crippen LogP contribution in [0.5, 0.6) is 0 Å². The van der Waals surface area contributed by atoms with E-state index in [0.29, 0.717) is 0 Å². The van der Waals surface area contributed by atoms with Crippen LogP contribution < -0.4 is 5.73 Å². The Bertz CT molecular complexity index is 376. The van der Waals surface area contributed by atoms with Gasteiger partial charge in [-0.3, -0.25) is 0 Å². The van der Waals surface area contributed by atoms with E-state index in [1.165, 1.54) is 0 Å². The average molecular weight is 183 g/mol. The van der Waals surface area contributed by atoms with Crippen molar-refractivity contribution in [2.24, 2.45) is 0 Å². The molecule has 0 saturated heterocycles. The van der Waals surface area contributed by atoms with Gasteiger partial charge in [0.2, 0.25) is 0 Å². The fraction of sp³-hybridized carbons (Fsp3) is 0. The maximum atomic E-state index is 10.4. The van der Waals surface area contributed by atoms with Gasteiger partial charge in [0.1, 0.15) is 5.56 Å². The molecular formula is C6H5N3O4. The van der Waals surface area contributed by atoms with Crippen LogP contribution in [-0.2, 0) is 0 Å². The Morgan fingerprint density at radius 2 is 2.31 bits per heavy atom. The number of rotatable bonds is 2. The predicted octanol–water partition coefficient (Wildman–Crippen LogP) is 0.270. The van der Waals surface area contributed by atoms with E-state index in [1.807, 2.05) is 0 Å². The lowest BCUT2D eigenvalue weighted by atomic mass is 10.2. The smallest absolute Gasteiger partial charge is 0.365 e. The molecule has 0 unspecified atom stereocenters. The molecule has 0 spiro atoms. The summed E-state index contributed by atoms with van der Waals surface area (Å²) in [5.74, 6) is -1.73. The highest BCUT2D eigenvalue weighted by Gasteiger charge is 2.15. The van der Waals surface area contributed by atoms with E-state index in [9.17, 15) is 14.9 Å². The molecule has 0 bridgehead atoms. The van der Waals surface area contributed by atoms with Crippen molar-refractivity contribution < 1.29 is 14.8 Å². The minimum absolute atomic E-state index is 0.172. The molecule has 1 aromatic rings. The lowest BCUT2D eigenvalue weighted by Gasteiger charge is -1.97. The van der Waals surface area contributed by atoms with E-state index in [2.05, 4.69) is 4.98 Å². The molecule has 0 aliphatic rings. The third-order valence-electron chi connectivity index (χ3n) is 1.34. The first kappa shape index (κ1) is 8.91. The molecular weight excluding hydrogens is 178 g/mol. The molecule has 7 nitrogen and oxygen atoms in total. The molecule has 1 heterocycles. The molecule has 0 aromatic carbocycles. The molecule has 0 aliphatic carbocycles. The second-order valence-corrected chi connectivity index (χ2v) is 2.19. The van der Waals surface area contributed by atoms with Gasteiger partial charge in [-0.1, -0.05) is 0 Å². The number of nitrogens with two attached hydrogens (primary N) is 1. The Morgan fingerprint density at radius 1 is 1.69 bits per heavy atom. The van der Waals surface area contributed by atoms with E-state index < -0.39 is 16.7 Å². The third kappa shape index (κ3) is 1.70. The Hall–Kier alpha value is -2.18. The molecule has 0 fully saturated rings. The number of aromatic carboxylic acids is 1. The van der Waals surface area contributed by atoms with Crippen LogP contribution >= 0.6 is 0 Å². The van der Waals surface area contributed by atoms with Crippen LogP contribution in [0.2, 0.25) is 0 Å². The third-order valence-corrected chi connectivity index (χ3v) is 1.34. The van der Waals surface area contributed by atoms with Crippen LogP contribution in [0.4, 0.5) is 11.5 Å². The minimum atomic E-state index is -1.26. The number of carbonyl (C=O) groups is 1. The van der Waals surface area contributed by atoms with Crippen molar-refractivity contribution in [3.8, 4) is 0 Å². The predicted molar refractivity (Wildman–Crippen MR) is 42.3 cm³/mol. The van der Waals surface area contributed by atoms with E-state index in [4.69, 9.17) is 10.8 Å². The summed E-state index contributed by atoms with van der Waals surface area (Å²) in [6, 6.07) is 0.906. The van der Waals surface area contributed by atoms with Crippen LogP contribution in [0.15, 0.2) is 12.3 Å². The molecule has 7 heteroatoms. The van der Waals surface area contributed by atoms with Crippen molar-refractivity contribution in [3.05, 3.63) is 27.9 Å². The topological polar surface area (TPSA) is 119 Å². The Balaban J connectivity index is 3.20. The van der Waals surface area contributed by atoms with Gasteiger partial charge in [-0.2, -0.15) is 0 Å². The van der Waals surface area contributed by atoms with Crippen LogP contribution in [0.3, 0.4) is 0 Å². The van der Waals surface area contributed by atoms with Gasteiger partial charge in [-0.15, -0.1) is 0 Å². The number of hydrogen-bond donors (Lipinski definition) is 2. The van der Waals surface area contributed by atoms with E-state index in [1.54, 1.807) is 0 Å². The number of carboxylic acids is 1. The first-order chi connectivity index (χ1) is 6.02. The number of nitrogen functional groups attached to an aromatic ring is 1. The molecule has 0 radical (unpaired) electrons. The molecule has 0 amide bonds. The normalized spacial score (nSPS) is 9.54. The molecule has 1 rings (SSSR count). The zero-order chi connectivity index (χ0) is 10.0. The number of nitrogens with zero attached hydrogens (tertiary/aromatic N) is 2. The van der Waals surface area contributed by atoms with Gasteiger partial charge in [0.15, 0.2) is 6.20 Å². The summed E-state index contributed by atoms with van der Waals surface area (Å²) in [6.07, 6.45) is 0.857. The maximum Gasteiger partial charge on any atom is 0.365 e. The second-order valence-electron chi connectivity index (χ2n) is 2.19. The number of aromatic nitrogens is 1. The fourth-order valence-corrected chi connectivity index (χ4v) is 0.738. The van der Waals surface area contributed by atoms with Gasteiger partial charge >= 0.3 is 11.8 Å². The highest BCUT2D eigenvalue weighted by molar-refractivity contribution is 5.93. The Morgan fingerprint density at radius 3 is 2.69 bits per heavy atom. The molecule has 68 valence electrons. The summed E-state index contributed by atoms with van der Waals surface area (Å²) in [5.41, 5.74) is 4.82. The van der Waals surface area contributed by atoms with Crippen molar-refractivity contribution in [2.75, 3.05) is 5.73 Å². The number of nitro groups is 1. The largest absolute Gasteiger partial charge is 0.477 e. The molecule has 3 N–H and O–H groups in total. The summed E-state index contributed by atoms with van der Waals surface area (Å²) in [4.78, 5) is 23.1. The first-order valence-electron chi connectivity index (χ1n) is 3.15. The molecule has 13 heavy (non-hydrogen) atoms. The lowest BCUT2D eigenvalue weighted by molar-refractivity contribution is -0.389. The standard InChI is InChI=1S/C6H5N3O4/c7-4-1-5(9(12)13)8-2-3(4)6(10)11/h1-2H,(H2,7,8)(H,10,11). The van der Waals surface area contributed by atoms with Crippen LogP contribution in [0.25, 0.3) is 0 Å². The molecule has 0 atom stereocenters. The summed E-state index contributed by atoms with van der Waals surface area (Å²) in [7, 11) is 0. The fourth-order valence-electron chi connectivity index (χ4n) is 0.738. The first-order valence-corrected chi connectivity index (χ1v) is 3.15. The number of carboxylic acid groups (broad SMARTS) is 1. The van der Waals surface area contributed by atoms with Gasteiger partial charge in [0.25, 0.3) is 0 Å². The van der Waals surface area contributed by atoms with Crippen molar-refractivity contribution in [2.45, 2.75) is 0 Å². The Labute approximate surface area is 72.0 Å². The van der Waals surface area contributed by atoms with Crippen LogP contribution in [-0.4, -0.2) is 21.0 Å². The van der Waals surface area contributed by atoms with E-state index in [0.717, 1.165) is 12.3 Å². The maximum absolute atomic E-state index is 10.4. The van der Waals surface area contributed by atoms with Crippen molar-refractivity contribution in [1.29, 1.82) is 0 Å². The summed E-state index contributed by atoms with van der Waals surface area (Å²) in [6.45, 7) is 0. The van der Waals surface area contributed by atoms with Crippen LogP contribution in [0.1, 0.15) is 10.4 Å². The van der Waals surface area contributed by atoms with Gasteiger partial charge < -0.3 is 21.0 Å².